The summed E-state index contributed by atoms with van der Waals surface area (Å²) in [5.41, 5.74) is 4.07. The van der Waals surface area contributed by atoms with E-state index < -0.39 is 0 Å². The summed E-state index contributed by atoms with van der Waals surface area (Å²) in [6.07, 6.45) is 0. The van der Waals surface area contributed by atoms with Crippen molar-refractivity contribution in [2.45, 2.75) is 19.8 Å². The van der Waals surface area contributed by atoms with Crippen LogP contribution in [0.2, 0.25) is 0 Å². The molecule has 0 fully saturated rings. The minimum atomic E-state index is 0.449. The number of fused-ring (bicyclic) bond motifs is 3. The van der Waals surface area contributed by atoms with E-state index in [1.807, 2.05) is 0 Å². The Morgan fingerprint density at radius 2 is 1.50 bits per heavy atom. The Bertz CT molecular complexity index is 946. The van der Waals surface area contributed by atoms with Crippen LogP contribution >= 0.6 is 0 Å². The van der Waals surface area contributed by atoms with Crippen LogP contribution in [0.1, 0.15) is 25.3 Å². The molecule has 0 N–H and O–H groups in total. The van der Waals surface area contributed by atoms with Crippen LogP contribution in [-0.4, -0.2) is 14.5 Å². The monoisotopic (exact) mass is 350 g/mol. The molecule has 1 aromatic heterocycles. The number of hydrogen-bond donors (Lipinski definition) is 0. The van der Waals surface area contributed by atoms with Gasteiger partial charge in [0, 0.05) is 0 Å². The maximum absolute atomic E-state index is 2.42. The fourth-order valence-electron chi connectivity index (χ4n) is 2.96. The van der Waals surface area contributed by atoms with Gasteiger partial charge in [0.05, 0.1) is 0 Å². The first-order chi connectivity index (χ1) is 10.7. The molecule has 4 aromatic rings. The van der Waals surface area contributed by atoms with Crippen molar-refractivity contribution in [3.05, 3.63) is 72.3 Å². The van der Waals surface area contributed by atoms with E-state index in [9.17, 15) is 0 Å². The van der Waals surface area contributed by atoms with Gasteiger partial charge in [-0.1, -0.05) is 0 Å². The van der Waals surface area contributed by atoms with Gasteiger partial charge >= 0.3 is 137 Å². The van der Waals surface area contributed by atoms with E-state index >= 15 is 0 Å². The van der Waals surface area contributed by atoms with Crippen LogP contribution in [0, 0.1) is 0 Å². The van der Waals surface area contributed by atoms with Crippen molar-refractivity contribution in [2.75, 3.05) is 0 Å². The Kier molecular flexibility index (Phi) is 3.41. The first-order valence-electron chi connectivity index (χ1n) is 7.74. The number of hydrogen-bond acceptors (Lipinski definition) is 0. The maximum atomic E-state index is 2.42. The molecule has 0 unspecified atom stereocenters. The van der Waals surface area contributed by atoms with Gasteiger partial charge in [0.2, 0.25) is 0 Å². The fourth-order valence-corrected chi connectivity index (χ4v) is 5.34. The Hall–Kier alpha value is -1.82. The Balaban J connectivity index is 1.94. The molecule has 0 saturated carbocycles. The zero-order chi connectivity index (χ0) is 15.1. The Labute approximate surface area is 137 Å². The molecule has 108 valence electrons. The van der Waals surface area contributed by atoms with Crippen LogP contribution in [0.25, 0.3) is 30.4 Å². The van der Waals surface area contributed by atoms with Crippen molar-refractivity contribution in [3.8, 4) is 11.1 Å². The fraction of sp³-hybridized carbons (Fsp3) is 0.143. The zero-order valence-corrected chi connectivity index (χ0v) is 14.5. The third-order valence-corrected chi connectivity index (χ3v) is 6.65. The normalized spacial score (nSPS) is 11.6. The van der Waals surface area contributed by atoms with Crippen molar-refractivity contribution >= 4 is 33.8 Å². The molecule has 0 atom stereocenters. The average Bonchev–Trinajstić information content (AvgIpc) is 2.92. The van der Waals surface area contributed by atoms with Crippen LogP contribution in [0.15, 0.2) is 66.7 Å². The van der Waals surface area contributed by atoms with Gasteiger partial charge < -0.3 is 0 Å². The molecule has 0 aliphatic rings. The average molecular weight is 349 g/mol. The first kappa shape index (κ1) is 13.8. The van der Waals surface area contributed by atoms with Gasteiger partial charge in [0.15, 0.2) is 0 Å². The van der Waals surface area contributed by atoms with E-state index in [0.717, 1.165) is 0 Å². The van der Waals surface area contributed by atoms with Crippen LogP contribution in [-0.2, 0) is 0 Å². The summed E-state index contributed by atoms with van der Waals surface area (Å²) in [6.45, 7) is 4.54. The number of rotatable bonds is 2. The molecule has 0 amide bonds. The molecular formula is C21H18Se. The van der Waals surface area contributed by atoms with E-state index in [-0.39, 0.29) is 0 Å². The topological polar surface area (TPSA) is 0 Å². The van der Waals surface area contributed by atoms with Gasteiger partial charge in [0.1, 0.15) is 0 Å². The second-order valence-corrected chi connectivity index (χ2v) is 8.36. The second kappa shape index (κ2) is 5.43. The second-order valence-electron chi connectivity index (χ2n) is 6.09. The van der Waals surface area contributed by atoms with Gasteiger partial charge in [0.25, 0.3) is 0 Å². The number of benzene rings is 3. The summed E-state index contributed by atoms with van der Waals surface area (Å²) < 4.78 is 3.06. The Morgan fingerprint density at radius 1 is 0.682 bits per heavy atom. The molecular weight excluding hydrogens is 331 g/mol. The molecule has 3 aromatic carbocycles. The van der Waals surface area contributed by atoms with E-state index in [1.54, 1.807) is 4.26 Å². The van der Waals surface area contributed by atoms with Gasteiger partial charge in [-0.3, -0.25) is 0 Å². The van der Waals surface area contributed by atoms with Crippen LogP contribution < -0.4 is 0 Å². The molecule has 0 saturated heterocycles. The SMILES string of the molecule is CC(C)c1ccc2c(c1)[se]c1ccc(-c3ccccc3)cc12. The quantitative estimate of drug-likeness (QED) is 0.399. The van der Waals surface area contributed by atoms with E-state index in [4.69, 9.17) is 0 Å². The third-order valence-electron chi connectivity index (χ3n) is 4.27. The zero-order valence-electron chi connectivity index (χ0n) is 12.8. The third kappa shape index (κ3) is 2.31. The van der Waals surface area contributed by atoms with Gasteiger partial charge in [-0.15, -0.1) is 0 Å². The van der Waals surface area contributed by atoms with Crippen molar-refractivity contribution in [2.24, 2.45) is 0 Å². The Morgan fingerprint density at radius 3 is 2.27 bits per heavy atom. The van der Waals surface area contributed by atoms with Crippen molar-refractivity contribution in [1.82, 2.24) is 0 Å². The molecule has 0 radical (unpaired) electrons. The van der Waals surface area contributed by atoms with Gasteiger partial charge in [-0.2, -0.15) is 0 Å². The molecule has 4 rings (SSSR count). The summed E-state index contributed by atoms with van der Waals surface area (Å²) >= 11 is 0.449. The standard InChI is InChI=1S/C21H18Se/c1-14(2)16-8-10-18-19-12-17(15-6-4-3-5-7-15)9-11-20(19)22-21(18)13-16/h3-14H,1-2H3. The molecule has 0 aliphatic heterocycles. The van der Waals surface area contributed by atoms with Crippen LogP contribution in [0.4, 0.5) is 0 Å². The van der Waals surface area contributed by atoms with E-state index in [1.165, 1.54) is 31.7 Å². The molecule has 0 aliphatic carbocycles. The summed E-state index contributed by atoms with van der Waals surface area (Å²) in [7, 11) is 0. The predicted molar refractivity (Wildman–Crippen MR) is 97.9 cm³/mol. The molecule has 22 heavy (non-hydrogen) atoms. The minimum absolute atomic E-state index is 0.449. The summed E-state index contributed by atoms with van der Waals surface area (Å²) in [5.74, 6) is 0.602. The molecule has 1 heteroatoms. The van der Waals surface area contributed by atoms with Gasteiger partial charge in [-0.25, -0.2) is 0 Å². The van der Waals surface area contributed by atoms with Crippen molar-refractivity contribution in [1.29, 1.82) is 0 Å². The summed E-state index contributed by atoms with van der Waals surface area (Å²) in [5, 5.41) is 2.88. The summed E-state index contributed by atoms with van der Waals surface area (Å²) in [4.78, 5) is 0. The summed E-state index contributed by atoms with van der Waals surface area (Å²) in [6, 6.07) is 24.7. The molecule has 0 spiro atoms. The first-order valence-corrected chi connectivity index (χ1v) is 9.45. The molecule has 1 heterocycles. The van der Waals surface area contributed by atoms with E-state index in [0.29, 0.717) is 20.4 Å². The van der Waals surface area contributed by atoms with Crippen molar-refractivity contribution < 1.29 is 0 Å². The van der Waals surface area contributed by atoms with Crippen LogP contribution in [0.3, 0.4) is 0 Å². The van der Waals surface area contributed by atoms with Gasteiger partial charge in [-0.05, 0) is 0 Å². The molecule has 0 bridgehead atoms. The van der Waals surface area contributed by atoms with E-state index in [2.05, 4.69) is 80.6 Å². The predicted octanol–water partition coefficient (Wildman–Crippen LogP) is 5.84. The van der Waals surface area contributed by atoms with Crippen LogP contribution in [0.5, 0.6) is 0 Å². The molecule has 0 nitrogen and oxygen atoms in total. The van der Waals surface area contributed by atoms with Crippen molar-refractivity contribution in [3.63, 3.8) is 0 Å².